The minimum absolute atomic E-state index is 0.233. The van der Waals surface area contributed by atoms with E-state index < -0.39 is 5.97 Å². The second-order valence-corrected chi connectivity index (χ2v) is 5.14. The van der Waals surface area contributed by atoms with Crippen LogP contribution in [0.2, 0.25) is 0 Å². The van der Waals surface area contributed by atoms with Gasteiger partial charge in [0.2, 0.25) is 5.78 Å². The molecule has 1 aliphatic carbocycles. The summed E-state index contributed by atoms with van der Waals surface area (Å²) >= 11 is 0. The fourth-order valence-corrected chi connectivity index (χ4v) is 2.53. The molecule has 1 fully saturated rings. The minimum atomic E-state index is -0.533. The highest BCUT2D eigenvalue weighted by atomic mass is 16.5. The molecule has 7 heteroatoms. The van der Waals surface area contributed by atoms with Crippen LogP contribution in [0.5, 0.6) is 0 Å². The van der Waals surface area contributed by atoms with Crippen molar-refractivity contribution in [3.63, 3.8) is 0 Å². The zero-order valence-electron chi connectivity index (χ0n) is 11.3. The first-order chi connectivity index (χ1) is 10.2. The van der Waals surface area contributed by atoms with Crippen molar-refractivity contribution in [1.29, 1.82) is 0 Å². The Morgan fingerprint density at radius 3 is 3.00 bits per heavy atom. The standard InChI is InChI=1S/C14H12N4O3/c1-21-13(20)8-6-9(7-2-3-7)16-11-10(8)12(19)18-5-4-15-14(18)17-11/h4-7H,2-3H2,1H3,(H,15,16,17). The SMILES string of the molecule is COC(=O)c1cc(C2CC2)[nH]c2nc3nccn3c(=O)c12. The summed E-state index contributed by atoms with van der Waals surface area (Å²) in [5.74, 6) is 0.174. The summed E-state index contributed by atoms with van der Waals surface area (Å²) < 4.78 is 6.12. The van der Waals surface area contributed by atoms with Crippen LogP contribution in [0, 0.1) is 0 Å². The van der Waals surface area contributed by atoms with E-state index in [0.717, 1.165) is 18.5 Å². The third-order valence-electron chi connectivity index (χ3n) is 3.76. The van der Waals surface area contributed by atoms with Gasteiger partial charge in [0.05, 0.1) is 18.1 Å². The number of hydrogen-bond acceptors (Lipinski definition) is 5. The highest BCUT2D eigenvalue weighted by Gasteiger charge is 2.27. The summed E-state index contributed by atoms with van der Waals surface area (Å²) in [5, 5.41) is 0.233. The summed E-state index contributed by atoms with van der Waals surface area (Å²) in [6, 6.07) is 1.71. The van der Waals surface area contributed by atoms with E-state index in [9.17, 15) is 9.59 Å². The number of carbonyl (C=O) groups is 1. The Kier molecular flexibility index (Phi) is 2.38. The number of ether oxygens (including phenoxy) is 1. The zero-order chi connectivity index (χ0) is 14.6. The summed E-state index contributed by atoms with van der Waals surface area (Å²) in [5.41, 5.74) is 1.21. The van der Waals surface area contributed by atoms with E-state index in [2.05, 4.69) is 15.0 Å². The average Bonchev–Trinajstić information content (AvgIpc) is 3.24. The molecule has 0 aromatic carbocycles. The molecule has 4 rings (SSSR count). The van der Waals surface area contributed by atoms with Crippen molar-refractivity contribution in [2.75, 3.05) is 7.11 Å². The molecule has 1 N–H and O–H groups in total. The van der Waals surface area contributed by atoms with Crippen molar-refractivity contribution in [2.45, 2.75) is 18.8 Å². The lowest BCUT2D eigenvalue weighted by atomic mass is 10.1. The number of fused-ring (bicyclic) bond motifs is 2. The molecule has 3 heterocycles. The van der Waals surface area contributed by atoms with Gasteiger partial charge in [0, 0.05) is 18.1 Å². The molecule has 3 aromatic rings. The van der Waals surface area contributed by atoms with Crippen molar-refractivity contribution in [3.8, 4) is 0 Å². The van der Waals surface area contributed by atoms with Gasteiger partial charge in [-0.25, -0.2) is 14.2 Å². The number of pyridine rings is 1. The second-order valence-electron chi connectivity index (χ2n) is 5.14. The number of aromatic amines is 1. The lowest BCUT2D eigenvalue weighted by molar-refractivity contribution is 0.0602. The van der Waals surface area contributed by atoms with Crippen LogP contribution < -0.4 is 5.56 Å². The van der Waals surface area contributed by atoms with Crippen LogP contribution in [-0.4, -0.2) is 32.4 Å². The molecule has 1 saturated carbocycles. The highest BCUT2D eigenvalue weighted by Crippen LogP contribution is 2.39. The zero-order valence-corrected chi connectivity index (χ0v) is 11.3. The molecule has 0 bridgehead atoms. The van der Waals surface area contributed by atoms with E-state index in [-0.39, 0.29) is 16.5 Å². The Labute approximate surface area is 118 Å². The van der Waals surface area contributed by atoms with Crippen LogP contribution >= 0.6 is 0 Å². The van der Waals surface area contributed by atoms with Crippen molar-refractivity contribution in [2.24, 2.45) is 0 Å². The number of H-pyrrole nitrogens is 1. The summed E-state index contributed by atoms with van der Waals surface area (Å²) in [6.45, 7) is 0. The second kappa shape index (κ2) is 4.15. The summed E-state index contributed by atoms with van der Waals surface area (Å²) in [4.78, 5) is 36.1. The van der Waals surface area contributed by atoms with Gasteiger partial charge >= 0.3 is 5.97 Å². The van der Waals surface area contributed by atoms with Crippen molar-refractivity contribution in [1.82, 2.24) is 19.4 Å². The lowest BCUT2D eigenvalue weighted by Gasteiger charge is -2.08. The highest BCUT2D eigenvalue weighted by molar-refractivity contribution is 6.02. The van der Waals surface area contributed by atoms with Gasteiger partial charge in [-0.05, 0) is 24.8 Å². The molecule has 0 aliphatic heterocycles. The monoisotopic (exact) mass is 284 g/mol. The Balaban J connectivity index is 2.15. The van der Waals surface area contributed by atoms with Gasteiger partial charge in [-0.2, -0.15) is 4.98 Å². The predicted octanol–water partition coefficient (Wildman–Crippen LogP) is 1.23. The third kappa shape index (κ3) is 1.74. The van der Waals surface area contributed by atoms with Gasteiger partial charge in [0.1, 0.15) is 5.65 Å². The molecule has 0 amide bonds. The van der Waals surface area contributed by atoms with Crippen LogP contribution in [0.25, 0.3) is 16.8 Å². The molecule has 106 valence electrons. The van der Waals surface area contributed by atoms with Gasteiger partial charge in [0.25, 0.3) is 5.56 Å². The number of carbonyl (C=O) groups excluding carboxylic acids is 1. The molecule has 0 atom stereocenters. The molecular weight excluding hydrogens is 272 g/mol. The maximum absolute atomic E-state index is 12.5. The van der Waals surface area contributed by atoms with Gasteiger partial charge in [-0.1, -0.05) is 0 Å². The van der Waals surface area contributed by atoms with E-state index in [1.165, 1.54) is 23.9 Å². The number of nitrogens with zero attached hydrogens (tertiary/aromatic N) is 3. The number of rotatable bonds is 2. The quantitative estimate of drug-likeness (QED) is 0.715. The topological polar surface area (TPSA) is 89.3 Å². The predicted molar refractivity (Wildman–Crippen MR) is 74.4 cm³/mol. The summed E-state index contributed by atoms with van der Waals surface area (Å²) in [6.07, 6.45) is 5.17. The number of imidazole rings is 1. The van der Waals surface area contributed by atoms with Crippen molar-refractivity contribution >= 4 is 22.8 Å². The van der Waals surface area contributed by atoms with Crippen LogP contribution in [0.1, 0.15) is 34.8 Å². The number of methoxy groups -OCH3 is 1. The molecule has 1 aliphatic rings. The van der Waals surface area contributed by atoms with Crippen LogP contribution in [-0.2, 0) is 4.74 Å². The Hall–Kier alpha value is -2.70. The molecule has 0 unspecified atom stereocenters. The summed E-state index contributed by atoms with van der Waals surface area (Å²) in [7, 11) is 1.30. The Morgan fingerprint density at radius 1 is 1.48 bits per heavy atom. The first-order valence-electron chi connectivity index (χ1n) is 6.67. The van der Waals surface area contributed by atoms with E-state index in [1.54, 1.807) is 6.07 Å². The van der Waals surface area contributed by atoms with Crippen LogP contribution in [0.3, 0.4) is 0 Å². The number of esters is 1. The van der Waals surface area contributed by atoms with Crippen LogP contribution in [0.15, 0.2) is 23.3 Å². The van der Waals surface area contributed by atoms with Gasteiger partial charge in [0.15, 0.2) is 0 Å². The van der Waals surface area contributed by atoms with Crippen LogP contribution in [0.4, 0.5) is 0 Å². The van der Waals surface area contributed by atoms with Gasteiger partial charge in [-0.15, -0.1) is 0 Å². The molecule has 0 radical (unpaired) electrons. The van der Waals surface area contributed by atoms with Crippen molar-refractivity contribution < 1.29 is 9.53 Å². The number of hydrogen-bond donors (Lipinski definition) is 1. The van der Waals surface area contributed by atoms with E-state index in [1.807, 2.05) is 0 Å². The normalized spacial score (nSPS) is 14.7. The fourth-order valence-electron chi connectivity index (χ4n) is 2.53. The molecule has 0 saturated heterocycles. The maximum Gasteiger partial charge on any atom is 0.338 e. The minimum Gasteiger partial charge on any atom is -0.465 e. The fraction of sp³-hybridized carbons (Fsp3) is 0.286. The third-order valence-corrected chi connectivity index (χ3v) is 3.76. The van der Waals surface area contributed by atoms with E-state index in [0.29, 0.717) is 17.3 Å². The molecular formula is C14H12N4O3. The Bertz CT molecular complexity index is 936. The smallest absolute Gasteiger partial charge is 0.338 e. The van der Waals surface area contributed by atoms with Crippen molar-refractivity contribution in [3.05, 3.63) is 40.1 Å². The van der Waals surface area contributed by atoms with E-state index in [4.69, 9.17) is 4.74 Å². The first-order valence-corrected chi connectivity index (χ1v) is 6.67. The average molecular weight is 284 g/mol. The number of nitrogens with one attached hydrogen (secondary N) is 1. The molecule has 21 heavy (non-hydrogen) atoms. The van der Waals surface area contributed by atoms with E-state index >= 15 is 0 Å². The molecule has 0 spiro atoms. The largest absolute Gasteiger partial charge is 0.465 e. The number of aromatic nitrogens is 4. The van der Waals surface area contributed by atoms with Gasteiger partial charge < -0.3 is 9.72 Å². The Morgan fingerprint density at radius 2 is 2.29 bits per heavy atom. The first kappa shape index (κ1) is 12.1. The molecule has 7 nitrogen and oxygen atoms in total. The molecule has 3 aromatic heterocycles. The maximum atomic E-state index is 12.5. The lowest BCUT2D eigenvalue weighted by Crippen LogP contribution is -2.18. The van der Waals surface area contributed by atoms with Gasteiger partial charge in [-0.3, -0.25) is 4.79 Å².